The van der Waals surface area contributed by atoms with Gasteiger partial charge in [-0.3, -0.25) is 4.79 Å². The van der Waals surface area contributed by atoms with E-state index in [9.17, 15) is 9.18 Å². The second-order valence-corrected chi connectivity index (χ2v) is 5.26. The van der Waals surface area contributed by atoms with E-state index in [1.54, 1.807) is 6.08 Å². The molecule has 0 atom stereocenters. The molecule has 1 amide bonds. The largest absolute Gasteiger partial charge is 0.342 e. The number of amides is 1. The van der Waals surface area contributed by atoms with E-state index in [1.165, 1.54) is 25.3 Å². The third kappa shape index (κ3) is 2.76. The summed E-state index contributed by atoms with van der Waals surface area (Å²) in [5.41, 5.74) is 2.22. The second-order valence-electron chi connectivity index (χ2n) is 4.57. The SMILES string of the molecule is COOSc1nc(C=C2C(=O)Nc3ccc(F)cc32)[nH]c1C. The summed E-state index contributed by atoms with van der Waals surface area (Å²) in [4.78, 5) is 23.8. The Morgan fingerprint density at radius 2 is 2.23 bits per heavy atom. The Hall–Kier alpha value is -2.16. The van der Waals surface area contributed by atoms with Gasteiger partial charge < -0.3 is 10.3 Å². The third-order valence-corrected chi connectivity index (χ3v) is 3.84. The van der Waals surface area contributed by atoms with Gasteiger partial charge in [0.25, 0.3) is 5.91 Å². The molecule has 0 radical (unpaired) electrons. The average Bonchev–Trinajstić information content (AvgIpc) is 2.98. The van der Waals surface area contributed by atoms with Crippen LogP contribution in [0.1, 0.15) is 17.1 Å². The number of carbonyl (C=O) groups excluding carboxylic acids is 1. The van der Waals surface area contributed by atoms with Crippen LogP contribution in [0.15, 0.2) is 23.2 Å². The molecule has 114 valence electrons. The molecule has 0 unspecified atom stereocenters. The van der Waals surface area contributed by atoms with E-state index in [-0.39, 0.29) is 5.91 Å². The maximum Gasteiger partial charge on any atom is 0.256 e. The minimum atomic E-state index is -0.401. The fourth-order valence-corrected chi connectivity index (χ4v) is 2.57. The van der Waals surface area contributed by atoms with Gasteiger partial charge in [-0.1, -0.05) is 0 Å². The zero-order valence-corrected chi connectivity index (χ0v) is 12.6. The van der Waals surface area contributed by atoms with Gasteiger partial charge in [0.1, 0.15) is 16.7 Å². The van der Waals surface area contributed by atoms with Crippen molar-refractivity contribution in [3.05, 3.63) is 41.1 Å². The molecule has 1 aromatic heterocycles. The van der Waals surface area contributed by atoms with E-state index < -0.39 is 5.82 Å². The van der Waals surface area contributed by atoms with Gasteiger partial charge in [0.15, 0.2) is 0 Å². The number of carbonyl (C=O) groups is 1. The highest BCUT2D eigenvalue weighted by molar-refractivity contribution is 7.94. The third-order valence-electron chi connectivity index (χ3n) is 3.09. The van der Waals surface area contributed by atoms with Gasteiger partial charge in [0.2, 0.25) is 0 Å². The summed E-state index contributed by atoms with van der Waals surface area (Å²) in [7, 11) is 1.40. The maximum atomic E-state index is 13.4. The van der Waals surface area contributed by atoms with E-state index in [2.05, 4.69) is 20.2 Å². The zero-order chi connectivity index (χ0) is 15.7. The summed E-state index contributed by atoms with van der Waals surface area (Å²) >= 11 is 0.960. The van der Waals surface area contributed by atoms with Crippen molar-refractivity contribution >= 4 is 35.3 Å². The first-order valence-corrected chi connectivity index (χ1v) is 7.09. The van der Waals surface area contributed by atoms with Crippen LogP contribution in [-0.4, -0.2) is 23.0 Å². The number of hydrogen-bond donors (Lipinski definition) is 2. The summed E-state index contributed by atoms with van der Waals surface area (Å²) in [6, 6.07) is 4.15. The summed E-state index contributed by atoms with van der Waals surface area (Å²) < 4.78 is 18.1. The first-order valence-electron chi connectivity index (χ1n) is 6.35. The van der Waals surface area contributed by atoms with Crippen LogP contribution in [0.25, 0.3) is 11.6 Å². The number of anilines is 1. The Balaban J connectivity index is 1.96. The number of nitrogens with zero attached hydrogens (tertiary/aromatic N) is 1. The molecule has 22 heavy (non-hydrogen) atoms. The highest BCUT2D eigenvalue weighted by Crippen LogP contribution is 2.33. The normalized spacial score (nSPS) is 15.2. The van der Waals surface area contributed by atoms with Crippen molar-refractivity contribution < 1.29 is 18.4 Å². The second kappa shape index (κ2) is 5.91. The molecule has 0 bridgehead atoms. The lowest BCUT2D eigenvalue weighted by molar-refractivity contribution is -0.160. The zero-order valence-electron chi connectivity index (χ0n) is 11.8. The molecule has 0 saturated heterocycles. The van der Waals surface area contributed by atoms with Crippen LogP contribution in [0.2, 0.25) is 0 Å². The topological polar surface area (TPSA) is 76.2 Å². The molecule has 0 fully saturated rings. The number of nitrogens with one attached hydrogen (secondary N) is 2. The molecule has 1 aliphatic rings. The van der Waals surface area contributed by atoms with Gasteiger partial charge in [0.05, 0.1) is 24.7 Å². The van der Waals surface area contributed by atoms with E-state index in [0.717, 1.165) is 17.7 Å². The number of aryl methyl sites for hydroxylation is 1. The number of H-pyrrole nitrogens is 1. The lowest BCUT2D eigenvalue weighted by Gasteiger charge is -1.97. The lowest BCUT2D eigenvalue weighted by atomic mass is 10.1. The van der Waals surface area contributed by atoms with Crippen LogP contribution in [0, 0.1) is 12.7 Å². The van der Waals surface area contributed by atoms with Crippen molar-refractivity contribution in [3.8, 4) is 0 Å². The highest BCUT2D eigenvalue weighted by atomic mass is 32.2. The average molecular weight is 321 g/mol. The van der Waals surface area contributed by atoms with Crippen LogP contribution < -0.4 is 5.32 Å². The minimum Gasteiger partial charge on any atom is -0.342 e. The fourth-order valence-electron chi connectivity index (χ4n) is 2.12. The van der Waals surface area contributed by atoms with Crippen molar-refractivity contribution in [2.75, 3.05) is 12.4 Å². The number of imidazole rings is 1. The quantitative estimate of drug-likeness (QED) is 0.392. The Morgan fingerprint density at radius 1 is 1.41 bits per heavy atom. The number of fused-ring (bicyclic) bond motifs is 1. The first-order chi connectivity index (χ1) is 10.6. The van der Waals surface area contributed by atoms with Gasteiger partial charge in [0, 0.05) is 16.9 Å². The van der Waals surface area contributed by atoms with Crippen molar-refractivity contribution in [2.45, 2.75) is 11.9 Å². The van der Waals surface area contributed by atoms with Crippen LogP contribution in [0.4, 0.5) is 10.1 Å². The van der Waals surface area contributed by atoms with Crippen molar-refractivity contribution in [3.63, 3.8) is 0 Å². The monoisotopic (exact) mass is 321 g/mol. The summed E-state index contributed by atoms with van der Waals surface area (Å²) in [5, 5.41) is 3.27. The Labute approximate surface area is 129 Å². The molecule has 0 aliphatic carbocycles. The van der Waals surface area contributed by atoms with Gasteiger partial charge in [-0.25, -0.2) is 14.3 Å². The lowest BCUT2D eigenvalue weighted by Crippen LogP contribution is -2.03. The van der Waals surface area contributed by atoms with E-state index in [4.69, 9.17) is 4.33 Å². The van der Waals surface area contributed by atoms with Gasteiger partial charge in [-0.05, 0) is 31.2 Å². The van der Waals surface area contributed by atoms with Crippen LogP contribution in [-0.2, 0) is 14.0 Å². The first kappa shape index (κ1) is 14.8. The predicted molar refractivity (Wildman–Crippen MR) is 80.2 cm³/mol. The molecule has 1 aromatic carbocycles. The van der Waals surface area contributed by atoms with Gasteiger partial charge in [-0.15, -0.1) is 0 Å². The van der Waals surface area contributed by atoms with Gasteiger partial charge in [-0.2, -0.15) is 4.33 Å². The van der Waals surface area contributed by atoms with Crippen molar-refractivity contribution in [1.82, 2.24) is 9.97 Å². The molecular formula is C14H12FN3O3S. The fraction of sp³-hybridized carbons (Fsp3) is 0.143. The van der Waals surface area contributed by atoms with Crippen LogP contribution in [0.3, 0.4) is 0 Å². The molecule has 3 rings (SSSR count). The molecule has 2 N–H and O–H groups in total. The minimum absolute atomic E-state index is 0.294. The van der Waals surface area contributed by atoms with Gasteiger partial charge >= 0.3 is 0 Å². The Morgan fingerprint density at radius 3 is 3.00 bits per heavy atom. The highest BCUT2D eigenvalue weighted by Gasteiger charge is 2.25. The smallest absolute Gasteiger partial charge is 0.256 e. The predicted octanol–water partition coefficient (Wildman–Crippen LogP) is 2.94. The van der Waals surface area contributed by atoms with Crippen LogP contribution >= 0.6 is 12.0 Å². The molecule has 0 spiro atoms. The number of aromatic amines is 1. The van der Waals surface area contributed by atoms with Crippen LogP contribution in [0.5, 0.6) is 0 Å². The van der Waals surface area contributed by atoms with E-state index >= 15 is 0 Å². The molecule has 2 heterocycles. The Kier molecular flexibility index (Phi) is 3.97. The molecule has 0 saturated carbocycles. The van der Waals surface area contributed by atoms with E-state index in [1.807, 2.05) is 6.92 Å². The number of aromatic nitrogens is 2. The maximum absolute atomic E-state index is 13.4. The molecule has 2 aromatic rings. The summed E-state index contributed by atoms with van der Waals surface area (Å²) in [5.74, 6) is -0.222. The molecule has 1 aliphatic heterocycles. The van der Waals surface area contributed by atoms with Crippen molar-refractivity contribution in [1.29, 1.82) is 0 Å². The Bertz CT molecular complexity index is 773. The summed E-state index contributed by atoms with van der Waals surface area (Å²) in [6.45, 7) is 1.82. The number of benzene rings is 1. The van der Waals surface area contributed by atoms with Crippen molar-refractivity contribution in [2.24, 2.45) is 0 Å². The number of hydrogen-bond acceptors (Lipinski definition) is 5. The molecule has 8 heteroatoms. The van der Waals surface area contributed by atoms with E-state index in [0.29, 0.717) is 27.7 Å². The summed E-state index contributed by atoms with van der Waals surface area (Å²) in [6.07, 6.45) is 1.57. The standard InChI is InChI=1S/C14H12FN3O3S/c1-7-14(22-21-20-2)18-12(16-7)6-10-9-5-8(15)3-4-11(9)17-13(10)19/h3-6H,1-2H3,(H,16,18)(H,17,19). The number of halogens is 1. The molecular weight excluding hydrogens is 309 g/mol. The molecule has 6 nitrogen and oxygen atoms in total. The number of rotatable bonds is 4.